The smallest absolute Gasteiger partial charge is 0.339 e. The molecule has 8 heteroatoms. The molecule has 0 aliphatic heterocycles. The zero-order chi connectivity index (χ0) is 19.3. The van der Waals surface area contributed by atoms with Crippen LogP contribution >= 0.6 is 11.3 Å². The number of halogens is 1. The summed E-state index contributed by atoms with van der Waals surface area (Å²) in [7, 11) is 0. The van der Waals surface area contributed by atoms with Gasteiger partial charge in [0.15, 0.2) is 6.61 Å². The zero-order valence-corrected chi connectivity index (χ0v) is 15.3. The fraction of sp³-hybridized carbons (Fsp3) is 0.278. The molecule has 2 amide bonds. The number of anilines is 1. The largest absolute Gasteiger partial charge is 0.452 e. The molecule has 0 saturated heterocycles. The van der Waals surface area contributed by atoms with Crippen LogP contribution in [0.25, 0.3) is 0 Å². The summed E-state index contributed by atoms with van der Waals surface area (Å²) in [4.78, 5) is 38.7. The molecule has 0 bridgehead atoms. The molecule has 0 spiro atoms. The van der Waals surface area contributed by atoms with Crippen molar-refractivity contribution in [1.29, 1.82) is 0 Å². The second-order valence-corrected chi connectivity index (χ2v) is 7.10. The molecule has 0 unspecified atom stereocenters. The Morgan fingerprint density at radius 1 is 1.19 bits per heavy atom. The first-order valence-corrected chi connectivity index (χ1v) is 8.68. The van der Waals surface area contributed by atoms with Crippen molar-refractivity contribution in [3.05, 3.63) is 51.5 Å². The van der Waals surface area contributed by atoms with E-state index in [1.54, 1.807) is 13.0 Å². The highest BCUT2D eigenvalue weighted by atomic mass is 32.1. The Bertz CT molecular complexity index is 817. The number of esters is 1. The van der Waals surface area contributed by atoms with E-state index >= 15 is 0 Å². The third kappa shape index (κ3) is 5.13. The third-order valence-corrected chi connectivity index (χ3v) is 4.57. The van der Waals surface area contributed by atoms with Crippen LogP contribution < -0.4 is 10.6 Å². The molecule has 2 aromatic rings. The van der Waals surface area contributed by atoms with Gasteiger partial charge >= 0.3 is 5.97 Å². The summed E-state index contributed by atoms with van der Waals surface area (Å²) in [5.41, 5.74) is 5.95. The van der Waals surface area contributed by atoms with E-state index in [1.807, 2.05) is 6.92 Å². The van der Waals surface area contributed by atoms with Crippen LogP contribution in [0.5, 0.6) is 0 Å². The molecule has 1 heterocycles. The van der Waals surface area contributed by atoms with Gasteiger partial charge < -0.3 is 15.4 Å². The van der Waals surface area contributed by atoms with Gasteiger partial charge in [0.25, 0.3) is 5.91 Å². The summed E-state index contributed by atoms with van der Waals surface area (Å²) < 4.78 is 18.2. The number of carbonyl (C=O) groups excluding carboxylic acids is 3. The molecule has 2 rings (SSSR count). The molecule has 0 aliphatic rings. The number of amides is 2. The summed E-state index contributed by atoms with van der Waals surface area (Å²) in [5, 5.41) is 0. The van der Waals surface area contributed by atoms with Crippen molar-refractivity contribution in [2.24, 2.45) is 5.73 Å². The second-order valence-electron chi connectivity index (χ2n) is 5.64. The number of aryl methyl sites for hydroxylation is 2. The number of benzene rings is 1. The average molecular weight is 378 g/mol. The molecule has 0 radical (unpaired) electrons. The number of primary amides is 1. The number of nitrogens with zero attached hydrogens (tertiary/aromatic N) is 1. The lowest BCUT2D eigenvalue weighted by Crippen LogP contribution is -2.37. The van der Waals surface area contributed by atoms with Gasteiger partial charge in [0.1, 0.15) is 5.82 Å². The second kappa shape index (κ2) is 8.57. The maximum Gasteiger partial charge on any atom is 0.339 e. The highest BCUT2D eigenvalue weighted by molar-refractivity contribution is 7.12. The number of hydrogen-bond acceptors (Lipinski definition) is 5. The summed E-state index contributed by atoms with van der Waals surface area (Å²) in [6.07, 6.45) is -0.0695. The first kappa shape index (κ1) is 19.6. The molecule has 26 heavy (non-hydrogen) atoms. The predicted molar refractivity (Wildman–Crippen MR) is 96.6 cm³/mol. The van der Waals surface area contributed by atoms with Gasteiger partial charge in [-0.1, -0.05) is 0 Å². The van der Waals surface area contributed by atoms with Crippen LogP contribution in [0, 0.1) is 19.7 Å². The Morgan fingerprint density at radius 2 is 1.85 bits per heavy atom. The van der Waals surface area contributed by atoms with Crippen LogP contribution in [0.3, 0.4) is 0 Å². The lowest BCUT2D eigenvalue weighted by molar-refractivity contribution is -0.121. The Balaban J connectivity index is 2.08. The molecule has 0 aliphatic carbocycles. The van der Waals surface area contributed by atoms with E-state index in [4.69, 9.17) is 10.5 Å². The summed E-state index contributed by atoms with van der Waals surface area (Å²) >= 11 is 1.46. The number of nitrogens with two attached hydrogens (primary N) is 1. The van der Waals surface area contributed by atoms with Gasteiger partial charge in [0.05, 0.1) is 5.56 Å². The fourth-order valence-corrected chi connectivity index (χ4v) is 3.27. The standard InChI is InChI=1S/C18H19FN2O4S/c1-11-9-15(12(2)26-11)18(24)25-10-17(23)21(8-7-16(20)22)14-5-3-13(19)4-6-14/h3-6,9H,7-8,10H2,1-2H3,(H2,20,22). The minimum Gasteiger partial charge on any atom is -0.452 e. The van der Waals surface area contributed by atoms with Gasteiger partial charge in [0.2, 0.25) is 5.91 Å². The molecule has 2 N–H and O–H groups in total. The Morgan fingerprint density at radius 3 is 2.38 bits per heavy atom. The van der Waals surface area contributed by atoms with E-state index in [9.17, 15) is 18.8 Å². The fourth-order valence-electron chi connectivity index (χ4n) is 2.36. The number of hydrogen-bond donors (Lipinski definition) is 1. The summed E-state index contributed by atoms with van der Waals surface area (Å²) in [5.74, 6) is -2.15. The van der Waals surface area contributed by atoms with Gasteiger partial charge in [-0.2, -0.15) is 0 Å². The number of carbonyl (C=O) groups is 3. The first-order chi connectivity index (χ1) is 12.3. The van der Waals surface area contributed by atoms with Crippen molar-refractivity contribution in [3.63, 3.8) is 0 Å². The zero-order valence-electron chi connectivity index (χ0n) is 14.5. The van der Waals surface area contributed by atoms with Crippen LogP contribution in [0.4, 0.5) is 10.1 Å². The number of rotatable bonds is 7. The minimum absolute atomic E-state index is 0.00787. The van der Waals surface area contributed by atoms with E-state index in [2.05, 4.69) is 0 Å². The van der Waals surface area contributed by atoms with Crippen LogP contribution in [0.15, 0.2) is 30.3 Å². The van der Waals surface area contributed by atoms with Gasteiger partial charge in [-0.3, -0.25) is 9.59 Å². The van der Waals surface area contributed by atoms with Crippen molar-refractivity contribution in [2.45, 2.75) is 20.3 Å². The van der Waals surface area contributed by atoms with Crippen molar-refractivity contribution in [3.8, 4) is 0 Å². The molecular formula is C18H19FN2O4S. The highest BCUT2D eigenvalue weighted by Crippen LogP contribution is 2.21. The maximum atomic E-state index is 13.1. The van der Waals surface area contributed by atoms with E-state index in [0.717, 1.165) is 9.75 Å². The van der Waals surface area contributed by atoms with Gasteiger partial charge in [-0.05, 0) is 44.2 Å². The van der Waals surface area contributed by atoms with Crippen LogP contribution in [-0.4, -0.2) is 30.9 Å². The maximum absolute atomic E-state index is 13.1. The van der Waals surface area contributed by atoms with E-state index in [0.29, 0.717) is 11.3 Å². The number of ether oxygens (including phenoxy) is 1. The Hall–Kier alpha value is -2.74. The van der Waals surface area contributed by atoms with Crippen LogP contribution in [0.2, 0.25) is 0 Å². The molecule has 138 valence electrons. The van der Waals surface area contributed by atoms with E-state index in [1.165, 1.54) is 40.5 Å². The van der Waals surface area contributed by atoms with Gasteiger partial charge in [-0.25, -0.2) is 9.18 Å². The van der Waals surface area contributed by atoms with Crippen molar-refractivity contribution >= 4 is 34.8 Å². The molecule has 1 aromatic carbocycles. The van der Waals surface area contributed by atoms with Crippen molar-refractivity contribution < 1.29 is 23.5 Å². The van der Waals surface area contributed by atoms with Gasteiger partial charge in [-0.15, -0.1) is 11.3 Å². The third-order valence-electron chi connectivity index (χ3n) is 3.61. The topological polar surface area (TPSA) is 89.7 Å². The Kier molecular flexibility index (Phi) is 6.46. The molecule has 0 fully saturated rings. The Labute approximate surface area is 154 Å². The predicted octanol–water partition coefficient (Wildman–Crippen LogP) is 2.57. The molecular weight excluding hydrogens is 359 g/mol. The van der Waals surface area contributed by atoms with Crippen LogP contribution in [-0.2, 0) is 14.3 Å². The molecule has 1 aromatic heterocycles. The van der Waals surface area contributed by atoms with Crippen molar-refractivity contribution in [2.75, 3.05) is 18.1 Å². The quantitative estimate of drug-likeness (QED) is 0.750. The van der Waals surface area contributed by atoms with Gasteiger partial charge in [0, 0.05) is 28.4 Å². The monoisotopic (exact) mass is 378 g/mol. The first-order valence-electron chi connectivity index (χ1n) is 7.86. The van der Waals surface area contributed by atoms with Crippen molar-refractivity contribution in [1.82, 2.24) is 0 Å². The summed E-state index contributed by atoms with van der Waals surface area (Å²) in [6.45, 7) is 3.19. The highest BCUT2D eigenvalue weighted by Gasteiger charge is 2.20. The average Bonchev–Trinajstić information content (AvgIpc) is 2.92. The summed E-state index contributed by atoms with van der Waals surface area (Å²) in [6, 6.07) is 6.91. The normalized spacial score (nSPS) is 10.4. The van der Waals surface area contributed by atoms with E-state index in [-0.39, 0.29) is 13.0 Å². The lowest BCUT2D eigenvalue weighted by Gasteiger charge is -2.22. The molecule has 0 saturated carbocycles. The van der Waals surface area contributed by atoms with Crippen LogP contribution in [0.1, 0.15) is 26.5 Å². The number of thiophene rings is 1. The molecule has 0 atom stereocenters. The molecule has 6 nitrogen and oxygen atoms in total. The minimum atomic E-state index is -0.589. The van der Waals surface area contributed by atoms with E-state index < -0.39 is 30.2 Å². The lowest BCUT2D eigenvalue weighted by atomic mass is 10.2. The SMILES string of the molecule is Cc1cc(C(=O)OCC(=O)N(CCC(N)=O)c2ccc(F)cc2)c(C)s1.